The molecule has 4 heteroatoms. The van der Waals surface area contributed by atoms with Crippen LogP contribution in [0, 0.1) is 6.92 Å². The molecule has 2 aromatic rings. The molecular formula is C20H25NO2S. The molecule has 0 aliphatic carbocycles. The molecule has 1 heterocycles. The molecular weight excluding hydrogens is 318 g/mol. The van der Waals surface area contributed by atoms with Crippen molar-refractivity contribution < 1.29 is 9.47 Å². The zero-order valence-electron chi connectivity index (χ0n) is 14.9. The summed E-state index contributed by atoms with van der Waals surface area (Å²) in [6, 6.07) is 10.5. The van der Waals surface area contributed by atoms with E-state index >= 15 is 0 Å². The first kappa shape index (κ1) is 17.2. The van der Waals surface area contributed by atoms with Gasteiger partial charge in [0.1, 0.15) is 0 Å². The van der Waals surface area contributed by atoms with Gasteiger partial charge >= 0.3 is 0 Å². The first-order valence-corrected chi connectivity index (χ1v) is 9.15. The van der Waals surface area contributed by atoms with Crippen molar-refractivity contribution >= 4 is 11.8 Å². The van der Waals surface area contributed by atoms with Crippen LogP contribution in [0.3, 0.4) is 0 Å². The van der Waals surface area contributed by atoms with Gasteiger partial charge in [-0.25, -0.2) is 0 Å². The fourth-order valence-electron chi connectivity index (χ4n) is 3.38. The van der Waals surface area contributed by atoms with Gasteiger partial charge in [-0.05, 0) is 55.6 Å². The molecule has 0 atom stereocenters. The van der Waals surface area contributed by atoms with Gasteiger partial charge in [-0.2, -0.15) is 0 Å². The smallest absolute Gasteiger partial charge is 0.175 e. The molecule has 0 saturated heterocycles. The van der Waals surface area contributed by atoms with Gasteiger partial charge in [0.15, 0.2) is 11.5 Å². The Morgan fingerprint density at radius 2 is 1.54 bits per heavy atom. The van der Waals surface area contributed by atoms with Gasteiger partial charge in [0, 0.05) is 18.0 Å². The normalized spacial score (nSPS) is 14.8. The summed E-state index contributed by atoms with van der Waals surface area (Å²) in [5.74, 6) is 1.74. The molecule has 0 N–H and O–H groups in total. The minimum atomic E-state index is 0.868. The summed E-state index contributed by atoms with van der Waals surface area (Å²) in [5.41, 5.74) is 4.07. The molecule has 0 aromatic heterocycles. The Balaban J connectivity index is 2.17. The number of hydrogen-bond acceptors (Lipinski definition) is 4. The lowest BCUT2D eigenvalue weighted by atomic mass is 9.96. The predicted molar refractivity (Wildman–Crippen MR) is 99.8 cm³/mol. The van der Waals surface area contributed by atoms with Crippen molar-refractivity contribution in [3.8, 4) is 11.5 Å². The highest BCUT2D eigenvalue weighted by molar-refractivity contribution is 7.99. The molecule has 0 unspecified atom stereocenters. The first-order chi connectivity index (χ1) is 11.7. The van der Waals surface area contributed by atoms with Gasteiger partial charge in [0.2, 0.25) is 0 Å². The van der Waals surface area contributed by atoms with Crippen LogP contribution in [0.5, 0.6) is 11.5 Å². The summed E-state index contributed by atoms with van der Waals surface area (Å²) in [6.07, 6.45) is 2.10. The van der Waals surface area contributed by atoms with Crippen LogP contribution in [0.4, 0.5) is 0 Å². The quantitative estimate of drug-likeness (QED) is 0.829. The molecule has 1 aliphatic rings. The Hall–Kier alpha value is -1.65. The average molecular weight is 343 g/mol. The van der Waals surface area contributed by atoms with Crippen LogP contribution in [0.1, 0.15) is 16.7 Å². The molecule has 0 amide bonds. The summed E-state index contributed by atoms with van der Waals surface area (Å²) in [4.78, 5) is 4.83. The van der Waals surface area contributed by atoms with Gasteiger partial charge < -0.3 is 14.4 Å². The molecule has 0 bridgehead atoms. The van der Waals surface area contributed by atoms with Crippen LogP contribution in [0.25, 0.3) is 0 Å². The summed E-state index contributed by atoms with van der Waals surface area (Å²) in [6.45, 7) is 4.31. The lowest BCUT2D eigenvalue weighted by molar-refractivity contribution is 0.344. The van der Waals surface area contributed by atoms with Crippen molar-refractivity contribution in [3.63, 3.8) is 0 Å². The minimum absolute atomic E-state index is 0.868. The third-order valence-corrected chi connectivity index (χ3v) is 5.85. The van der Waals surface area contributed by atoms with E-state index in [-0.39, 0.29) is 0 Å². The lowest BCUT2D eigenvalue weighted by Crippen LogP contribution is -2.20. The van der Waals surface area contributed by atoms with Gasteiger partial charge in [-0.3, -0.25) is 0 Å². The second kappa shape index (κ2) is 7.49. The predicted octanol–water partition coefficient (Wildman–Crippen LogP) is 4.19. The number of nitrogens with zero attached hydrogens (tertiary/aromatic N) is 1. The highest BCUT2D eigenvalue weighted by Gasteiger charge is 2.25. The molecule has 0 fully saturated rings. The summed E-state index contributed by atoms with van der Waals surface area (Å²) >= 11 is 1.78. The van der Waals surface area contributed by atoms with Gasteiger partial charge in [-0.1, -0.05) is 30.0 Å². The Kier molecular flexibility index (Phi) is 5.36. The Bertz CT molecular complexity index is 716. The van der Waals surface area contributed by atoms with Crippen molar-refractivity contribution in [1.29, 1.82) is 0 Å². The van der Waals surface area contributed by atoms with Crippen LogP contribution in [0.15, 0.2) is 40.1 Å². The number of hydrogen-bond donors (Lipinski definition) is 0. The number of likely N-dealkylation sites (N-methyl/N-ethyl adjacent to an activating group) is 1. The van der Waals surface area contributed by atoms with E-state index in [1.165, 1.54) is 26.5 Å². The van der Waals surface area contributed by atoms with E-state index in [0.29, 0.717) is 0 Å². The van der Waals surface area contributed by atoms with Crippen molar-refractivity contribution in [2.45, 2.75) is 29.6 Å². The number of benzene rings is 2. The molecule has 3 rings (SSSR count). The molecule has 128 valence electrons. The summed E-state index contributed by atoms with van der Waals surface area (Å²) in [7, 11) is 5.66. The topological polar surface area (TPSA) is 21.7 Å². The Morgan fingerprint density at radius 1 is 0.917 bits per heavy atom. The van der Waals surface area contributed by atoms with Crippen molar-refractivity contribution in [3.05, 3.63) is 47.0 Å². The van der Waals surface area contributed by atoms with Gasteiger partial charge in [-0.15, -0.1) is 0 Å². The number of methoxy groups -OCH3 is 2. The highest BCUT2D eigenvalue weighted by atomic mass is 32.2. The Morgan fingerprint density at radius 3 is 2.17 bits per heavy atom. The Labute approximate surface area is 149 Å². The fourth-order valence-corrected chi connectivity index (χ4v) is 4.52. The zero-order valence-corrected chi connectivity index (χ0v) is 15.7. The largest absolute Gasteiger partial charge is 0.493 e. The van der Waals surface area contributed by atoms with E-state index < -0.39 is 0 Å². The number of fused-ring (bicyclic) bond motifs is 1. The van der Waals surface area contributed by atoms with E-state index in [2.05, 4.69) is 43.1 Å². The van der Waals surface area contributed by atoms with E-state index in [0.717, 1.165) is 37.4 Å². The molecule has 1 aliphatic heterocycles. The molecule has 0 saturated carbocycles. The molecule has 24 heavy (non-hydrogen) atoms. The van der Waals surface area contributed by atoms with Crippen LogP contribution >= 0.6 is 11.8 Å². The number of ether oxygens (including phenoxy) is 2. The summed E-state index contributed by atoms with van der Waals surface area (Å²) < 4.78 is 11.5. The van der Waals surface area contributed by atoms with E-state index in [9.17, 15) is 0 Å². The van der Waals surface area contributed by atoms with E-state index in [1.54, 1.807) is 26.0 Å². The molecule has 0 spiro atoms. The summed E-state index contributed by atoms with van der Waals surface area (Å²) in [5, 5.41) is 0. The maximum atomic E-state index is 5.79. The standard InChI is InChI=1S/C20H25NO2S/c1-14-16-10-12-21(2)13-11-17(16)20(19(23-4)18(14)22-3)24-15-8-6-5-7-9-15/h5-9H,10-13H2,1-4H3. The van der Waals surface area contributed by atoms with Crippen LogP contribution in [-0.4, -0.2) is 39.3 Å². The van der Waals surface area contributed by atoms with E-state index in [4.69, 9.17) is 9.47 Å². The number of rotatable bonds is 4. The molecule has 2 aromatic carbocycles. The third kappa shape index (κ3) is 3.26. The maximum Gasteiger partial charge on any atom is 0.175 e. The molecule has 0 radical (unpaired) electrons. The van der Waals surface area contributed by atoms with Gasteiger partial charge in [0.25, 0.3) is 0 Å². The van der Waals surface area contributed by atoms with Gasteiger partial charge in [0.05, 0.1) is 19.1 Å². The van der Waals surface area contributed by atoms with E-state index in [1.807, 2.05) is 6.07 Å². The average Bonchev–Trinajstić information content (AvgIpc) is 2.80. The van der Waals surface area contributed by atoms with Crippen molar-refractivity contribution in [2.24, 2.45) is 0 Å². The first-order valence-electron chi connectivity index (χ1n) is 8.33. The zero-order chi connectivity index (χ0) is 17.1. The third-order valence-electron chi connectivity index (χ3n) is 4.70. The second-order valence-electron chi connectivity index (χ2n) is 6.20. The monoisotopic (exact) mass is 343 g/mol. The maximum absolute atomic E-state index is 5.79. The minimum Gasteiger partial charge on any atom is -0.493 e. The fraction of sp³-hybridized carbons (Fsp3) is 0.400. The van der Waals surface area contributed by atoms with Crippen LogP contribution < -0.4 is 9.47 Å². The lowest BCUT2D eigenvalue weighted by Gasteiger charge is -2.22. The van der Waals surface area contributed by atoms with Crippen LogP contribution in [-0.2, 0) is 12.8 Å². The molecule has 3 nitrogen and oxygen atoms in total. The van der Waals surface area contributed by atoms with Crippen molar-refractivity contribution in [1.82, 2.24) is 4.90 Å². The SMILES string of the molecule is COc1c(C)c2c(c(Sc3ccccc3)c1OC)CCN(C)CC2. The second-order valence-corrected chi connectivity index (χ2v) is 7.28. The van der Waals surface area contributed by atoms with Crippen molar-refractivity contribution in [2.75, 3.05) is 34.4 Å². The highest BCUT2D eigenvalue weighted by Crippen LogP contribution is 2.47. The van der Waals surface area contributed by atoms with Crippen LogP contribution in [0.2, 0.25) is 0 Å².